The summed E-state index contributed by atoms with van der Waals surface area (Å²) in [6.45, 7) is 11.2. The number of nitrogens with zero attached hydrogens (tertiary/aromatic N) is 3. The van der Waals surface area contributed by atoms with Crippen LogP contribution in [0.3, 0.4) is 0 Å². The van der Waals surface area contributed by atoms with Gasteiger partial charge in [0.1, 0.15) is 0 Å². The van der Waals surface area contributed by atoms with E-state index in [0.29, 0.717) is 6.54 Å². The number of guanidine groups is 1. The van der Waals surface area contributed by atoms with Crippen molar-refractivity contribution in [3.63, 3.8) is 0 Å². The van der Waals surface area contributed by atoms with E-state index in [9.17, 15) is 4.79 Å². The average molecular weight is 479 g/mol. The smallest absolute Gasteiger partial charge is 0.225 e. The first-order valence-corrected chi connectivity index (χ1v) is 9.56. The number of aryl methyl sites for hydroxylation is 1. The summed E-state index contributed by atoms with van der Waals surface area (Å²) in [7, 11) is 0. The van der Waals surface area contributed by atoms with Crippen LogP contribution in [-0.4, -0.2) is 54.0 Å². The van der Waals surface area contributed by atoms with E-state index in [0.717, 1.165) is 43.4 Å². The van der Waals surface area contributed by atoms with E-state index in [4.69, 9.17) is 0 Å². The van der Waals surface area contributed by atoms with Crippen LogP contribution in [-0.2, 0) is 11.2 Å². The molecule has 0 spiro atoms. The number of hydrogen-bond donors (Lipinski definition) is 2. The summed E-state index contributed by atoms with van der Waals surface area (Å²) in [6, 6.07) is 0.271. The largest absolute Gasteiger partial charge is 0.357 e. The number of carbonyl (C=O) groups excluding carboxylic acids is 1. The SMILES string of the molecule is CCNC(=NCCc1ncc(C)s1)NC1CCN(C(=O)C(C)C)C1.I. The van der Waals surface area contributed by atoms with E-state index in [2.05, 4.69) is 34.5 Å². The maximum absolute atomic E-state index is 12.1. The molecule has 1 aliphatic rings. The molecular weight excluding hydrogens is 449 g/mol. The predicted octanol–water partition coefficient (Wildman–Crippen LogP) is 2.42. The van der Waals surface area contributed by atoms with E-state index >= 15 is 0 Å². The van der Waals surface area contributed by atoms with Gasteiger partial charge < -0.3 is 15.5 Å². The van der Waals surface area contributed by atoms with Crippen molar-refractivity contribution in [2.45, 2.75) is 46.6 Å². The molecule has 1 unspecified atom stereocenters. The highest BCUT2D eigenvalue weighted by Crippen LogP contribution is 2.13. The third kappa shape index (κ3) is 7.08. The molecule has 25 heavy (non-hydrogen) atoms. The third-order valence-electron chi connectivity index (χ3n) is 3.94. The van der Waals surface area contributed by atoms with Crippen LogP contribution in [0.15, 0.2) is 11.2 Å². The zero-order valence-electron chi connectivity index (χ0n) is 15.5. The number of rotatable bonds is 6. The fourth-order valence-electron chi connectivity index (χ4n) is 2.74. The lowest BCUT2D eigenvalue weighted by Gasteiger charge is -2.20. The fourth-order valence-corrected chi connectivity index (χ4v) is 3.51. The Morgan fingerprint density at radius 2 is 2.28 bits per heavy atom. The Labute approximate surface area is 171 Å². The predicted molar refractivity (Wildman–Crippen MR) is 115 cm³/mol. The quantitative estimate of drug-likeness (QED) is 0.374. The molecule has 8 heteroatoms. The molecule has 0 bridgehead atoms. The maximum Gasteiger partial charge on any atom is 0.225 e. The number of halogens is 1. The van der Waals surface area contributed by atoms with Gasteiger partial charge in [0.25, 0.3) is 0 Å². The molecule has 1 aromatic rings. The summed E-state index contributed by atoms with van der Waals surface area (Å²) in [5.41, 5.74) is 0. The summed E-state index contributed by atoms with van der Waals surface area (Å²) in [5, 5.41) is 7.87. The van der Waals surface area contributed by atoms with Gasteiger partial charge in [-0.3, -0.25) is 9.79 Å². The molecule has 1 saturated heterocycles. The van der Waals surface area contributed by atoms with Crippen LogP contribution in [0.5, 0.6) is 0 Å². The van der Waals surface area contributed by atoms with Crippen molar-refractivity contribution < 1.29 is 4.79 Å². The van der Waals surface area contributed by atoms with E-state index in [1.165, 1.54) is 4.88 Å². The molecule has 1 fully saturated rings. The van der Waals surface area contributed by atoms with Gasteiger partial charge in [0.05, 0.1) is 5.01 Å². The minimum Gasteiger partial charge on any atom is -0.357 e. The van der Waals surface area contributed by atoms with Gasteiger partial charge in [-0.1, -0.05) is 13.8 Å². The Kier molecular flexibility index (Phi) is 9.70. The maximum atomic E-state index is 12.1. The molecule has 0 saturated carbocycles. The summed E-state index contributed by atoms with van der Waals surface area (Å²) in [6.07, 6.45) is 3.73. The van der Waals surface area contributed by atoms with Gasteiger partial charge in [0.2, 0.25) is 5.91 Å². The summed E-state index contributed by atoms with van der Waals surface area (Å²) in [5.74, 6) is 1.13. The van der Waals surface area contributed by atoms with Crippen LogP contribution in [0.4, 0.5) is 0 Å². The normalized spacial score (nSPS) is 17.6. The molecule has 6 nitrogen and oxygen atoms in total. The van der Waals surface area contributed by atoms with Crippen LogP contribution in [0.2, 0.25) is 0 Å². The molecule has 142 valence electrons. The molecule has 0 radical (unpaired) electrons. The molecule has 2 heterocycles. The van der Waals surface area contributed by atoms with E-state index < -0.39 is 0 Å². The van der Waals surface area contributed by atoms with E-state index in [-0.39, 0.29) is 41.8 Å². The monoisotopic (exact) mass is 479 g/mol. The van der Waals surface area contributed by atoms with E-state index in [1.807, 2.05) is 24.9 Å². The van der Waals surface area contributed by atoms with Crippen molar-refractivity contribution in [2.24, 2.45) is 10.9 Å². The van der Waals surface area contributed by atoms with Crippen molar-refractivity contribution >= 4 is 47.2 Å². The second-order valence-corrected chi connectivity index (χ2v) is 7.76. The average Bonchev–Trinajstić information content (AvgIpc) is 3.16. The van der Waals surface area contributed by atoms with Gasteiger partial charge in [-0.25, -0.2) is 4.98 Å². The molecule has 0 aliphatic carbocycles. The van der Waals surface area contributed by atoms with Gasteiger partial charge in [-0.15, -0.1) is 35.3 Å². The number of thiazole rings is 1. The van der Waals surface area contributed by atoms with Gasteiger partial charge in [-0.05, 0) is 20.3 Å². The Morgan fingerprint density at radius 1 is 1.52 bits per heavy atom. The first-order valence-electron chi connectivity index (χ1n) is 8.74. The Morgan fingerprint density at radius 3 is 2.88 bits per heavy atom. The minimum absolute atomic E-state index is 0. The van der Waals surface area contributed by atoms with Gasteiger partial charge in [0, 0.05) is 55.6 Å². The molecule has 1 atom stereocenters. The fraction of sp³-hybridized carbons (Fsp3) is 0.706. The number of likely N-dealkylation sites (tertiary alicyclic amines) is 1. The second kappa shape index (κ2) is 10.9. The summed E-state index contributed by atoms with van der Waals surface area (Å²) >= 11 is 1.73. The van der Waals surface area contributed by atoms with Gasteiger partial charge in [-0.2, -0.15) is 0 Å². The molecule has 2 rings (SSSR count). The number of amides is 1. The van der Waals surface area contributed by atoms with Crippen LogP contribution in [0, 0.1) is 12.8 Å². The van der Waals surface area contributed by atoms with Crippen LogP contribution < -0.4 is 10.6 Å². The Hall–Kier alpha value is -0.900. The second-order valence-electron chi connectivity index (χ2n) is 6.44. The summed E-state index contributed by atoms with van der Waals surface area (Å²) < 4.78 is 0. The van der Waals surface area contributed by atoms with Crippen LogP contribution in [0.1, 0.15) is 37.1 Å². The zero-order valence-corrected chi connectivity index (χ0v) is 18.7. The van der Waals surface area contributed by atoms with Crippen molar-refractivity contribution in [2.75, 3.05) is 26.2 Å². The van der Waals surface area contributed by atoms with Crippen molar-refractivity contribution in [3.05, 3.63) is 16.1 Å². The summed E-state index contributed by atoms with van der Waals surface area (Å²) in [4.78, 5) is 24.3. The Balaban J connectivity index is 0.00000312. The topological polar surface area (TPSA) is 69.6 Å². The third-order valence-corrected chi connectivity index (χ3v) is 4.92. The van der Waals surface area contributed by atoms with Crippen LogP contribution >= 0.6 is 35.3 Å². The van der Waals surface area contributed by atoms with Crippen LogP contribution in [0.25, 0.3) is 0 Å². The number of nitrogens with one attached hydrogen (secondary N) is 2. The minimum atomic E-state index is 0. The Bertz CT molecular complexity index is 575. The molecular formula is C17H30IN5OS. The highest BCUT2D eigenvalue weighted by Gasteiger charge is 2.27. The molecule has 0 aromatic carbocycles. The number of aliphatic imine (C=N–C) groups is 1. The first kappa shape index (κ1) is 22.1. The van der Waals surface area contributed by atoms with Crippen molar-refractivity contribution in [1.82, 2.24) is 20.5 Å². The molecule has 1 aliphatic heterocycles. The highest BCUT2D eigenvalue weighted by molar-refractivity contribution is 14.0. The molecule has 2 N–H and O–H groups in total. The lowest BCUT2D eigenvalue weighted by Crippen LogP contribution is -2.45. The highest BCUT2D eigenvalue weighted by atomic mass is 127. The van der Waals surface area contributed by atoms with Crippen molar-refractivity contribution in [1.29, 1.82) is 0 Å². The standard InChI is InChI=1S/C17H29N5OS.HI/c1-5-18-17(19-8-6-15-20-10-13(4)24-15)21-14-7-9-22(11-14)16(23)12(2)3;/h10,12,14H,5-9,11H2,1-4H3,(H2,18,19,21);1H. The number of aromatic nitrogens is 1. The zero-order chi connectivity index (χ0) is 17.5. The lowest BCUT2D eigenvalue weighted by atomic mass is 10.2. The lowest BCUT2D eigenvalue weighted by molar-refractivity contribution is -0.133. The number of hydrogen-bond acceptors (Lipinski definition) is 4. The first-order chi connectivity index (χ1) is 11.5. The molecule has 1 amide bonds. The van der Waals surface area contributed by atoms with Crippen molar-refractivity contribution in [3.8, 4) is 0 Å². The van der Waals surface area contributed by atoms with Gasteiger partial charge in [0.15, 0.2) is 5.96 Å². The van der Waals surface area contributed by atoms with E-state index in [1.54, 1.807) is 11.3 Å². The number of carbonyl (C=O) groups is 1. The van der Waals surface area contributed by atoms with Gasteiger partial charge >= 0.3 is 0 Å². The molecule has 1 aromatic heterocycles.